The van der Waals surface area contributed by atoms with Crippen molar-refractivity contribution in [1.82, 2.24) is 0 Å². The molecule has 77 heavy (non-hydrogen) atoms. The summed E-state index contributed by atoms with van der Waals surface area (Å²) in [6, 6.07) is 109. The van der Waals surface area contributed by atoms with Crippen molar-refractivity contribution < 1.29 is 0 Å². The lowest BCUT2D eigenvalue weighted by Gasteiger charge is -2.46. The summed E-state index contributed by atoms with van der Waals surface area (Å²) >= 11 is 0. The monoisotopic (exact) mass is 981 g/mol. The first-order valence-corrected chi connectivity index (χ1v) is 26.6. The zero-order chi connectivity index (χ0) is 51.2. The van der Waals surface area contributed by atoms with E-state index in [1.54, 1.807) is 0 Å². The lowest BCUT2D eigenvalue weighted by molar-refractivity contribution is 1.25. The highest BCUT2D eigenvalue weighted by molar-refractivity contribution is 6.93. The third kappa shape index (κ3) is 8.37. The van der Waals surface area contributed by atoms with Crippen molar-refractivity contribution in [2.24, 2.45) is 0 Å². The Morgan fingerprint density at radius 1 is 0.286 bits per heavy atom. The average Bonchev–Trinajstić information content (AvgIpc) is 3.67. The molecule has 0 spiro atoms. The molecule has 12 aromatic carbocycles. The maximum atomic E-state index is 2.64. The van der Waals surface area contributed by atoms with Crippen LogP contribution in [0.5, 0.6) is 0 Å². The summed E-state index contributed by atoms with van der Waals surface area (Å²) in [5, 5.41) is 0. The van der Waals surface area contributed by atoms with E-state index in [2.05, 4.69) is 319 Å². The van der Waals surface area contributed by atoms with Gasteiger partial charge in [-0.1, -0.05) is 224 Å². The average molecular weight is 982 g/mol. The van der Waals surface area contributed by atoms with E-state index >= 15 is 0 Å². The minimum Gasteiger partial charge on any atom is -0.376 e. The van der Waals surface area contributed by atoms with Crippen molar-refractivity contribution in [3.05, 3.63) is 303 Å². The maximum absolute atomic E-state index is 2.64. The number of hydrogen-bond acceptors (Lipinski definition) is 3. The van der Waals surface area contributed by atoms with Gasteiger partial charge in [-0.3, -0.25) is 0 Å². The molecule has 2 aliphatic heterocycles. The predicted octanol–water partition coefficient (Wildman–Crippen LogP) is 18.5. The van der Waals surface area contributed by atoms with Crippen molar-refractivity contribution in [2.45, 2.75) is 6.92 Å². The Balaban J connectivity index is 1.01. The van der Waals surface area contributed by atoms with Crippen molar-refractivity contribution in [3.8, 4) is 66.8 Å². The van der Waals surface area contributed by atoms with Crippen molar-refractivity contribution in [2.75, 3.05) is 14.6 Å². The van der Waals surface area contributed by atoms with E-state index in [-0.39, 0.29) is 6.85 Å². The number of rotatable bonds is 10. The standard InChI is InChI=1S/C73H52BN3/c1-51-45-68-67-43-42-65(75(62-38-33-57(34-39-62)52-19-7-2-8-20-52)63-40-35-58(36-41-63)53-21-9-3-10-22-53)50-70(67)77(66-32-18-30-60(48-66)55-25-13-5-14-26-55)74-69-44-37-61(56-27-15-6-16-28-56)49-71(69)76(72(46-51)73(68)74)64-31-17-29-59(47-64)54-23-11-4-12-24-54/h2-50H,1H3. The Hall–Kier alpha value is -9.90. The fourth-order valence-corrected chi connectivity index (χ4v) is 11.8. The van der Waals surface area contributed by atoms with Gasteiger partial charge in [-0.2, -0.15) is 0 Å². The van der Waals surface area contributed by atoms with Gasteiger partial charge in [-0.25, -0.2) is 0 Å². The van der Waals surface area contributed by atoms with Gasteiger partial charge in [-0.05, 0) is 157 Å². The van der Waals surface area contributed by atoms with Crippen molar-refractivity contribution in [3.63, 3.8) is 0 Å². The molecule has 0 saturated carbocycles. The normalized spacial score (nSPS) is 12.1. The number of benzene rings is 12. The molecule has 0 amide bonds. The van der Waals surface area contributed by atoms with Crippen LogP contribution in [0.4, 0.5) is 45.5 Å². The minimum atomic E-state index is -0.188. The number of hydrogen-bond donors (Lipinski definition) is 0. The van der Waals surface area contributed by atoms with Crippen LogP contribution in [-0.4, -0.2) is 6.85 Å². The molecule has 3 nitrogen and oxygen atoms in total. The van der Waals surface area contributed by atoms with Crippen molar-refractivity contribution in [1.29, 1.82) is 0 Å². The summed E-state index contributed by atoms with van der Waals surface area (Å²) in [5.74, 6) is 0. The first-order chi connectivity index (χ1) is 38.1. The zero-order valence-electron chi connectivity index (χ0n) is 42.7. The number of aryl methyl sites for hydroxylation is 1. The fourth-order valence-electron chi connectivity index (χ4n) is 11.8. The zero-order valence-corrected chi connectivity index (χ0v) is 42.7. The van der Waals surface area contributed by atoms with Gasteiger partial charge < -0.3 is 14.6 Å². The van der Waals surface area contributed by atoms with Crippen LogP contribution in [-0.2, 0) is 0 Å². The summed E-state index contributed by atoms with van der Waals surface area (Å²) < 4.78 is 0. The summed E-state index contributed by atoms with van der Waals surface area (Å²) in [5.41, 5.74) is 26.9. The van der Waals surface area contributed by atoms with Crippen molar-refractivity contribution >= 4 is 63.3 Å². The summed E-state index contributed by atoms with van der Waals surface area (Å²) in [4.78, 5) is 7.59. The van der Waals surface area contributed by atoms with Gasteiger partial charge in [0.2, 0.25) is 0 Å². The molecule has 0 unspecified atom stereocenters. The number of nitrogens with zero attached hydrogens (tertiary/aromatic N) is 3. The first kappa shape index (κ1) is 45.7. The lowest BCUT2D eigenvalue weighted by atomic mass is 9.43. The second kappa shape index (κ2) is 19.4. The molecule has 4 heteroatoms. The Kier molecular flexibility index (Phi) is 11.5. The molecule has 12 aromatic rings. The molecule has 0 atom stereocenters. The molecule has 14 rings (SSSR count). The Morgan fingerprint density at radius 2 is 0.701 bits per heavy atom. The molecule has 0 bridgehead atoms. The van der Waals surface area contributed by atoms with Gasteiger partial charge in [-0.15, -0.1) is 0 Å². The molecule has 0 aliphatic carbocycles. The molecule has 0 aromatic heterocycles. The van der Waals surface area contributed by atoms with E-state index in [0.29, 0.717) is 0 Å². The Morgan fingerprint density at radius 3 is 1.22 bits per heavy atom. The number of anilines is 8. The van der Waals surface area contributed by atoms with Crippen LogP contribution in [0, 0.1) is 6.92 Å². The summed E-state index contributed by atoms with van der Waals surface area (Å²) in [6.45, 7) is 2.07. The van der Waals surface area contributed by atoms with Crippen LogP contribution in [0.25, 0.3) is 66.8 Å². The van der Waals surface area contributed by atoms with Crippen LogP contribution in [0.1, 0.15) is 5.56 Å². The second-order valence-corrected chi connectivity index (χ2v) is 20.2. The van der Waals surface area contributed by atoms with E-state index < -0.39 is 0 Å². The van der Waals surface area contributed by atoms with Gasteiger partial charge in [0.25, 0.3) is 0 Å². The Labute approximate surface area is 452 Å². The number of fused-ring (bicyclic) bond motifs is 4. The van der Waals surface area contributed by atoms with E-state index in [1.165, 1.54) is 88.9 Å². The highest BCUT2D eigenvalue weighted by Crippen LogP contribution is 2.50. The highest BCUT2D eigenvalue weighted by Gasteiger charge is 2.45. The third-order valence-corrected chi connectivity index (χ3v) is 15.4. The van der Waals surface area contributed by atoms with E-state index in [0.717, 1.165) is 39.8 Å². The van der Waals surface area contributed by atoms with Crippen LogP contribution in [0.15, 0.2) is 297 Å². The molecular weight excluding hydrogens is 930 g/mol. The quantitative estimate of drug-likeness (QED) is 0.126. The van der Waals surface area contributed by atoms with Gasteiger partial charge in [0.1, 0.15) is 0 Å². The lowest BCUT2D eigenvalue weighted by Crippen LogP contribution is -2.61. The molecule has 362 valence electrons. The highest BCUT2D eigenvalue weighted by atomic mass is 15.2. The van der Waals surface area contributed by atoms with Gasteiger partial charge in [0, 0.05) is 51.1 Å². The van der Waals surface area contributed by atoms with E-state index in [4.69, 9.17) is 0 Å². The maximum Gasteiger partial charge on any atom is 0.333 e. The molecule has 0 N–H and O–H groups in total. The van der Waals surface area contributed by atoms with Gasteiger partial charge in [0.15, 0.2) is 0 Å². The third-order valence-electron chi connectivity index (χ3n) is 15.4. The summed E-state index contributed by atoms with van der Waals surface area (Å²) in [6.07, 6.45) is 0. The van der Waals surface area contributed by atoms with Crippen LogP contribution < -0.4 is 25.5 Å². The molecule has 2 heterocycles. The molecular formula is C73H52BN3. The molecule has 0 radical (unpaired) electrons. The largest absolute Gasteiger partial charge is 0.376 e. The van der Waals surface area contributed by atoms with Crippen LogP contribution >= 0.6 is 0 Å². The summed E-state index contributed by atoms with van der Waals surface area (Å²) in [7, 11) is 0. The fraction of sp³-hybridized carbons (Fsp3) is 0.0137. The Bertz CT molecular complexity index is 4010. The second-order valence-electron chi connectivity index (χ2n) is 20.2. The first-order valence-electron chi connectivity index (χ1n) is 26.6. The van der Waals surface area contributed by atoms with Gasteiger partial charge in [0.05, 0.1) is 0 Å². The minimum absolute atomic E-state index is 0.188. The van der Waals surface area contributed by atoms with Gasteiger partial charge >= 0.3 is 6.85 Å². The van der Waals surface area contributed by atoms with E-state index in [1.807, 2.05) is 0 Å². The predicted molar refractivity (Wildman–Crippen MR) is 327 cm³/mol. The SMILES string of the molecule is Cc1cc2c3c(c1)N(c1cccc(-c4ccccc4)c1)c1cc(-c4ccccc4)ccc1B3N(c1cccc(-c3ccccc3)c1)c1cc(N(c3ccc(-c4ccccc4)cc3)c3ccc(-c4ccccc4)cc3)ccc1-2. The van der Waals surface area contributed by atoms with Crippen LogP contribution in [0.2, 0.25) is 0 Å². The molecule has 2 aliphatic rings. The smallest absolute Gasteiger partial charge is 0.333 e. The molecule has 0 fully saturated rings. The molecule has 0 saturated heterocycles. The van der Waals surface area contributed by atoms with Crippen LogP contribution in [0.3, 0.4) is 0 Å². The van der Waals surface area contributed by atoms with E-state index in [9.17, 15) is 0 Å². The topological polar surface area (TPSA) is 9.72 Å².